The maximum atomic E-state index is 10.1. The largest absolute Gasteiger partial charge is 1.00 e. The molecule has 0 aromatic rings. The van der Waals surface area contributed by atoms with Crippen LogP contribution in [0.4, 0.5) is 0 Å². The minimum absolute atomic E-state index is 0. The van der Waals surface area contributed by atoms with Crippen LogP contribution in [0, 0.1) is 0 Å². The van der Waals surface area contributed by atoms with Crippen LogP contribution < -0.4 is 207 Å². The van der Waals surface area contributed by atoms with Gasteiger partial charge >= 0.3 is 177 Å². The van der Waals surface area contributed by atoms with E-state index in [0.717, 1.165) is 0 Å². The van der Waals surface area contributed by atoms with E-state index < -0.39 is 44.2 Å². The van der Waals surface area contributed by atoms with Crippen LogP contribution in [-0.2, 0) is 18.9 Å². The van der Waals surface area contributed by atoms with E-state index in [9.17, 15) is 29.7 Å². The number of carbonyl (C=O) groups is 3. The molecule has 0 saturated carbocycles. The monoisotopic (exact) mass is 422 g/mol. The van der Waals surface area contributed by atoms with Crippen LogP contribution in [0.1, 0.15) is 12.8 Å². The number of aliphatic carboxylic acids is 3. The van der Waals surface area contributed by atoms with Crippen molar-refractivity contribution in [1.29, 1.82) is 0 Å². The average molecular weight is 422 g/mol. The fourth-order valence-corrected chi connectivity index (χ4v) is 0.684. The third-order valence-electron chi connectivity index (χ3n) is 1.25. The first-order valence-corrected chi connectivity index (χ1v) is 5.30. The molecule has 0 spiro atoms. The van der Waals surface area contributed by atoms with Crippen molar-refractivity contribution in [2.45, 2.75) is 18.4 Å². The maximum Gasteiger partial charge on any atom is 1.00 e. The predicted molar refractivity (Wildman–Crippen MR) is 36.8 cm³/mol. The number of aliphatic hydroxyl groups is 1. The van der Waals surface area contributed by atoms with Crippen LogP contribution in [-0.4, -0.2) is 28.6 Å². The molecule has 0 rings (SSSR count). The van der Waals surface area contributed by atoms with E-state index in [2.05, 4.69) is 0 Å². The first kappa shape index (κ1) is 51.3. The average Bonchev–Trinajstić information content (AvgIpc) is 1.95. The second kappa shape index (κ2) is 25.5. The fraction of sp³-hybridized carbons (Fsp3) is 0.500. The van der Waals surface area contributed by atoms with Crippen LogP contribution in [0.15, 0.2) is 0 Å². The van der Waals surface area contributed by atoms with Crippen LogP contribution in [0.25, 0.3) is 0 Å². The molecule has 0 aromatic carbocycles. The summed E-state index contributed by atoms with van der Waals surface area (Å²) in [5, 5.41) is 38.9. The Balaban J connectivity index is -0.0000000347. The SMILES string of the molecule is O=C([O-])CC(O)(CC(=O)[O-])C(=O)[O-].O=P([O-])([O-])[O-].[Na+].[Na+].[Na+].[Na+].[Na+].[Na+]. The molecule has 11 nitrogen and oxygen atoms in total. The molecule has 0 saturated heterocycles. The van der Waals surface area contributed by atoms with Gasteiger partial charge in [0.15, 0.2) is 0 Å². The normalized spacial score (nSPS) is 8.33. The Morgan fingerprint density at radius 2 is 0.917 bits per heavy atom. The van der Waals surface area contributed by atoms with E-state index in [1.54, 1.807) is 0 Å². The van der Waals surface area contributed by atoms with Gasteiger partial charge in [0, 0.05) is 24.8 Å². The second-order valence-electron chi connectivity index (χ2n) is 2.86. The minimum Gasteiger partial charge on any atom is -0.822 e. The summed E-state index contributed by atoms with van der Waals surface area (Å²) in [6.07, 6.45) is -2.72. The van der Waals surface area contributed by atoms with Crippen molar-refractivity contribution >= 4 is 25.7 Å². The second-order valence-corrected chi connectivity index (χ2v) is 3.76. The number of hydrogen-bond acceptors (Lipinski definition) is 11. The molecule has 24 heavy (non-hydrogen) atoms. The first-order chi connectivity index (χ1) is 7.78. The molecule has 0 aliphatic heterocycles. The van der Waals surface area contributed by atoms with E-state index in [0.29, 0.717) is 0 Å². The third-order valence-corrected chi connectivity index (χ3v) is 1.25. The molecule has 0 amide bonds. The number of hydrogen-bond donors (Lipinski definition) is 1. The third kappa shape index (κ3) is 41.0. The van der Waals surface area contributed by atoms with Gasteiger partial charge in [-0.1, -0.05) is 0 Å². The van der Waals surface area contributed by atoms with Crippen LogP contribution in [0.3, 0.4) is 0 Å². The molecule has 0 bridgehead atoms. The number of carbonyl (C=O) groups excluding carboxylic acids is 3. The smallest absolute Gasteiger partial charge is 0.822 e. The van der Waals surface area contributed by atoms with E-state index in [1.165, 1.54) is 0 Å². The van der Waals surface area contributed by atoms with Crippen LogP contribution in [0.2, 0.25) is 0 Å². The summed E-state index contributed by atoms with van der Waals surface area (Å²) >= 11 is 0. The summed E-state index contributed by atoms with van der Waals surface area (Å²) in [4.78, 5) is 55.6. The van der Waals surface area contributed by atoms with Gasteiger partial charge in [-0.3, -0.25) is 0 Å². The molecule has 1 N–H and O–H groups in total. The van der Waals surface area contributed by atoms with E-state index in [4.69, 9.17) is 24.4 Å². The molecule has 0 aromatic heterocycles. The van der Waals surface area contributed by atoms with Crippen molar-refractivity contribution in [2.24, 2.45) is 0 Å². The van der Waals surface area contributed by atoms with Crippen LogP contribution in [0.5, 0.6) is 0 Å². The van der Waals surface area contributed by atoms with Gasteiger partial charge in [0.05, 0.1) is 5.97 Å². The summed E-state index contributed by atoms with van der Waals surface area (Å²) < 4.78 is 8.55. The molecular weight excluding hydrogens is 417 g/mol. The Labute approximate surface area is 270 Å². The molecule has 0 aliphatic carbocycles. The Morgan fingerprint density at radius 1 is 0.750 bits per heavy atom. The van der Waals surface area contributed by atoms with Gasteiger partial charge in [-0.25, -0.2) is 0 Å². The number of phosphoric acid groups is 1. The number of carboxylic acid groups (broad SMARTS) is 3. The Morgan fingerprint density at radius 3 is 1.00 bits per heavy atom. The number of carboxylic acids is 3. The predicted octanol–water partition coefficient (Wildman–Crippen LogP) is -26.1. The van der Waals surface area contributed by atoms with Crippen molar-refractivity contribution in [3.63, 3.8) is 0 Å². The van der Waals surface area contributed by atoms with E-state index >= 15 is 0 Å². The van der Waals surface area contributed by atoms with Crippen molar-refractivity contribution in [3.8, 4) is 0 Å². The minimum atomic E-state index is -5.39. The van der Waals surface area contributed by atoms with Gasteiger partial charge in [0.2, 0.25) is 0 Å². The molecular formula is C6H5Na6O11P. The molecule has 0 atom stereocenters. The molecule has 0 heterocycles. The number of rotatable bonds is 5. The standard InChI is InChI=1S/C6H8O7.6Na.H3O4P/c7-3(8)1-6(13,5(11)12)2-4(9)10;;;;;;;1-5(2,3)4/h13H,1-2H2,(H,7,8)(H,9,10)(H,11,12);;;;;;;(H3,1,2,3,4)/q;6*+1;/p-6. The molecule has 106 valence electrons. The van der Waals surface area contributed by atoms with Gasteiger partial charge in [-0.2, -0.15) is 7.82 Å². The van der Waals surface area contributed by atoms with E-state index in [-0.39, 0.29) is 177 Å². The summed E-state index contributed by atoms with van der Waals surface area (Å²) in [5.74, 6) is -5.98. The summed E-state index contributed by atoms with van der Waals surface area (Å²) in [5.41, 5.74) is -2.97. The first-order valence-electron chi connectivity index (χ1n) is 3.84. The molecule has 0 radical (unpaired) electrons. The van der Waals surface area contributed by atoms with Crippen molar-refractivity contribution < 1.29 is 231 Å². The Kier molecular flexibility index (Phi) is 54.5. The zero-order valence-corrected chi connectivity index (χ0v) is 27.3. The van der Waals surface area contributed by atoms with Gasteiger partial charge in [-0.05, 0) is 0 Å². The Hall–Kier alpha value is 4.48. The quantitative estimate of drug-likeness (QED) is 0.323. The van der Waals surface area contributed by atoms with Crippen molar-refractivity contribution in [2.75, 3.05) is 0 Å². The van der Waals surface area contributed by atoms with Gasteiger partial charge in [0.25, 0.3) is 0 Å². The van der Waals surface area contributed by atoms with Gasteiger partial charge in [-0.15, -0.1) is 0 Å². The summed E-state index contributed by atoms with van der Waals surface area (Å²) in [7, 11) is -5.39. The van der Waals surface area contributed by atoms with Gasteiger partial charge in [0.1, 0.15) is 5.60 Å². The molecule has 0 fully saturated rings. The van der Waals surface area contributed by atoms with E-state index in [1.807, 2.05) is 0 Å². The zero-order valence-electron chi connectivity index (χ0n) is 14.4. The molecule has 0 aliphatic rings. The van der Waals surface area contributed by atoms with Crippen molar-refractivity contribution in [1.82, 2.24) is 0 Å². The van der Waals surface area contributed by atoms with Crippen molar-refractivity contribution in [3.05, 3.63) is 0 Å². The zero-order chi connectivity index (χ0) is 15.1. The molecule has 0 unspecified atom stereocenters. The van der Waals surface area contributed by atoms with Crippen LogP contribution >= 0.6 is 7.82 Å². The topological polar surface area (TPSA) is 227 Å². The summed E-state index contributed by atoms with van der Waals surface area (Å²) in [6, 6.07) is 0. The summed E-state index contributed by atoms with van der Waals surface area (Å²) in [6.45, 7) is 0. The fourth-order valence-electron chi connectivity index (χ4n) is 0.684. The van der Waals surface area contributed by atoms with Gasteiger partial charge < -0.3 is 54.1 Å². The maximum absolute atomic E-state index is 10.1. The molecule has 18 heteroatoms. The Bertz CT molecular complexity index is 363.